The molecule has 3 rings (SSSR count). The van der Waals surface area contributed by atoms with E-state index >= 15 is 0 Å². The maximum absolute atomic E-state index is 11.7. The second-order valence-electron chi connectivity index (χ2n) is 4.94. The van der Waals surface area contributed by atoms with Gasteiger partial charge in [-0.1, -0.05) is 6.92 Å². The number of hydrogen-bond donors (Lipinski definition) is 0. The van der Waals surface area contributed by atoms with Crippen LogP contribution in [0.4, 0.5) is 0 Å². The number of ether oxygens (including phenoxy) is 1. The highest BCUT2D eigenvalue weighted by atomic mass is 16.5. The van der Waals surface area contributed by atoms with E-state index in [0.29, 0.717) is 18.1 Å². The van der Waals surface area contributed by atoms with E-state index in [1.54, 1.807) is 0 Å². The summed E-state index contributed by atoms with van der Waals surface area (Å²) < 4.78 is 6.01. The van der Waals surface area contributed by atoms with Crippen LogP contribution >= 0.6 is 0 Å². The van der Waals surface area contributed by atoms with Crippen LogP contribution in [0, 0.1) is 5.92 Å². The number of rotatable bonds is 1. The molecule has 3 aliphatic rings. The average molecular weight is 195 g/mol. The summed E-state index contributed by atoms with van der Waals surface area (Å²) in [5.41, 5.74) is -0.0734. The normalized spacial score (nSPS) is 50.9. The van der Waals surface area contributed by atoms with Crippen LogP contribution in [0.2, 0.25) is 0 Å². The van der Waals surface area contributed by atoms with Gasteiger partial charge in [0.1, 0.15) is 6.10 Å². The molecule has 3 heterocycles. The molecule has 14 heavy (non-hydrogen) atoms. The molecule has 0 aromatic carbocycles. The van der Waals surface area contributed by atoms with E-state index in [4.69, 9.17) is 4.74 Å². The fourth-order valence-corrected chi connectivity index (χ4v) is 3.36. The second-order valence-corrected chi connectivity index (χ2v) is 4.94. The van der Waals surface area contributed by atoms with Gasteiger partial charge in [-0.05, 0) is 19.4 Å². The van der Waals surface area contributed by atoms with Crippen LogP contribution in [-0.2, 0) is 9.53 Å². The molecule has 1 unspecified atom stereocenters. The van der Waals surface area contributed by atoms with Gasteiger partial charge in [0.25, 0.3) is 0 Å². The van der Waals surface area contributed by atoms with Crippen molar-refractivity contribution < 1.29 is 9.53 Å². The predicted octanol–water partition coefficient (Wildman–Crippen LogP) is 0.829. The fraction of sp³-hybridized carbons (Fsp3) is 0.909. The standard InChI is InChI=1S/C11H17NO2/c1-2-10-9(13)5-11(14-10)7-12-4-3-8(11)6-12/h8,10H,2-7H2,1H3/t8-,10-,11+/m1/s1. The molecule has 3 nitrogen and oxygen atoms in total. The fourth-order valence-electron chi connectivity index (χ4n) is 3.36. The summed E-state index contributed by atoms with van der Waals surface area (Å²) in [6.45, 7) is 5.40. The highest BCUT2D eigenvalue weighted by molar-refractivity contribution is 5.86. The van der Waals surface area contributed by atoms with Crippen molar-refractivity contribution in [3.05, 3.63) is 0 Å². The summed E-state index contributed by atoms with van der Waals surface area (Å²) >= 11 is 0. The molecular formula is C11H17NO2. The first-order chi connectivity index (χ1) is 6.73. The molecule has 0 radical (unpaired) electrons. The molecular weight excluding hydrogens is 178 g/mol. The number of Topliss-reactive ketones (excluding diaryl/α,β-unsaturated/α-hetero) is 1. The number of carbonyl (C=O) groups excluding carboxylic acids is 1. The van der Waals surface area contributed by atoms with Crippen LogP contribution in [0.25, 0.3) is 0 Å². The summed E-state index contributed by atoms with van der Waals surface area (Å²) in [6, 6.07) is 0. The molecule has 4 atom stereocenters. The molecule has 0 amide bonds. The molecule has 2 bridgehead atoms. The van der Waals surface area contributed by atoms with E-state index in [9.17, 15) is 4.79 Å². The third-order valence-corrected chi connectivity index (χ3v) is 4.09. The largest absolute Gasteiger partial charge is 0.362 e. The van der Waals surface area contributed by atoms with Crippen LogP contribution in [0.1, 0.15) is 26.2 Å². The van der Waals surface area contributed by atoms with E-state index < -0.39 is 0 Å². The molecule has 3 saturated heterocycles. The number of ketones is 1. The molecule has 3 aliphatic heterocycles. The zero-order valence-electron chi connectivity index (χ0n) is 8.66. The smallest absolute Gasteiger partial charge is 0.164 e. The number of fused-ring (bicyclic) bond motifs is 3. The van der Waals surface area contributed by atoms with Crippen molar-refractivity contribution in [3.8, 4) is 0 Å². The lowest BCUT2D eigenvalue weighted by Crippen LogP contribution is -2.42. The lowest BCUT2D eigenvalue weighted by atomic mass is 9.85. The molecule has 78 valence electrons. The van der Waals surface area contributed by atoms with Crippen molar-refractivity contribution in [2.45, 2.75) is 37.9 Å². The highest BCUT2D eigenvalue weighted by Gasteiger charge is 2.57. The third-order valence-electron chi connectivity index (χ3n) is 4.09. The van der Waals surface area contributed by atoms with E-state index in [1.165, 1.54) is 13.0 Å². The quantitative estimate of drug-likeness (QED) is 0.620. The number of nitrogens with zero attached hydrogens (tertiary/aromatic N) is 1. The van der Waals surface area contributed by atoms with Crippen molar-refractivity contribution in [1.29, 1.82) is 0 Å². The molecule has 0 aromatic rings. The Bertz CT molecular complexity index is 278. The first kappa shape index (κ1) is 8.86. The van der Waals surface area contributed by atoms with Gasteiger partial charge in [0.2, 0.25) is 0 Å². The predicted molar refractivity (Wildman–Crippen MR) is 52.1 cm³/mol. The summed E-state index contributed by atoms with van der Waals surface area (Å²) in [7, 11) is 0. The topological polar surface area (TPSA) is 29.5 Å². The van der Waals surface area contributed by atoms with Gasteiger partial charge in [-0.2, -0.15) is 0 Å². The minimum absolute atomic E-state index is 0.0734. The number of hydrogen-bond acceptors (Lipinski definition) is 3. The maximum atomic E-state index is 11.7. The van der Waals surface area contributed by atoms with E-state index in [0.717, 1.165) is 19.5 Å². The molecule has 3 fully saturated rings. The average Bonchev–Trinajstić information content (AvgIpc) is 2.80. The van der Waals surface area contributed by atoms with Crippen molar-refractivity contribution in [1.82, 2.24) is 4.90 Å². The van der Waals surface area contributed by atoms with Gasteiger partial charge in [-0.25, -0.2) is 0 Å². The van der Waals surface area contributed by atoms with Crippen LogP contribution in [-0.4, -0.2) is 42.0 Å². The van der Waals surface area contributed by atoms with Crippen molar-refractivity contribution in [2.24, 2.45) is 5.92 Å². The number of carbonyl (C=O) groups is 1. The third kappa shape index (κ3) is 1.03. The molecule has 0 N–H and O–H groups in total. The van der Waals surface area contributed by atoms with Crippen LogP contribution in [0.3, 0.4) is 0 Å². The Hall–Kier alpha value is -0.410. The van der Waals surface area contributed by atoms with Crippen LogP contribution in [0.5, 0.6) is 0 Å². The van der Waals surface area contributed by atoms with Crippen molar-refractivity contribution in [3.63, 3.8) is 0 Å². The molecule has 0 aromatic heterocycles. The molecule has 0 aliphatic carbocycles. The van der Waals surface area contributed by atoms with Crippen LogP contribution in [0.15, 0.2) is 0 Å². The van der Waals surface area contributed by atoms with Gasteiger partial charge < -0.3 is 9.64 Å². The van der Waals surface area contributed by atoms with Gasteiger partial charge in [-0.15, -0.1) is 0 Å². The van der Waals surface area contributed by atoms with E-state index in [2.05, 4.69) is 4.90 Å². The summed E-state index contributed by atoms with van der Waals surface area (Å²) in [6.07, 6.45) is 2.64. The monoisotopic (exact) mass is 195 g/mol. The summed E-state index contributed by atoms with van der Waals surface area (Å²) in [5, 5.41) is 0. The zero-order chi connectivity index (χ0) is 9.76. The maximum Gasteiger partial charge on any atom is 0.164 e. The molecule has 3 heteroatoms. The number of piperidine rings is 1. The Balaban J connectivity index is 1.83. The van der Waals surface area contributed by atoms with Crippen molar-refractivity contribution in [2.75, 3.05) is 19.6 Å². The van der Waals surface area contributed by atoms with E-state index in [1.807, 2.05) is 6.92 Å². The summed E-state index contributed by atoms with van der Waals surface area (Å²) in [4.78, 5) is 14.1. The minimum atomic E-state index is -0.101. The SMILES string of the molecule is CC[C@H]1O[C@@]2(CC1=O)CN1CC[C@@H]2C1. The highest BCUT2D eigenvalue weighted by Crippen LogP contribution is 2.45. The van der Waals surface area contributed by atoms with Gasteiger partial charge in [0.05, 0.1) is 5.60 Å². The Morgan fingerprint density at radius 1 is 1.64 bits per heavy atom. The van der Waals surface area contributed by atoms with Gasteiger partial charge in [-0.3, -0.25) is 4.79 Å². The van der Waals surface area contributed by atoms with Gasteiger partial charge in [0.15, 0.2) is 5.78 Å². The minimum Gasteiger partial charge on any atom is -0.362 e. The second kappa shape index (κ2) is 2.80. The lowest BCUT2D eigenvalue weighted by Gasteiger charge is -2.32. The summed E-state index contributed by atoms with van der Waals surface area (Å²) in [5.74, 6) is 0.962. The van der Waals surface area contributed by atoms with Crippen LogP contribution < -0.4 is 0 Å². The first-order valence-electron chi connectivity index (χ1n) is 5.66. The van der Waals surface area contributed by atoms with Gasteiger partial charge >= 0.3 is 0 Å². The Morgan fingerprint density at radius 2 is 2.50 bits per heavy atom. The Kier molecular flexibility index (Phi) is 1.77. The van der Waals surface area contributed by atoms with Crippen molar-refractivity contribution >= 4 is 5.78 Å². The van der Waals surface area contributed by atoms with E-state index in [-0.39, 0.29) is 11.7 Å². The Morgan fingerprint density at radius 3 is 3.00 bits per heavy atom. The van der Waals surface area contributed by atoms with Gasteiger partial charge in [0, 0.05) is 25.4 Å². The Labute approximate surface area is 84.4 Å². The molecule has 1 spiro atoms. The molecule has 0 saturated carbocycles. The zero-order valence-corrected chi connectivity index (χ0v) is 8.66. The first-order valence-corrected chi connectivity index (χ1v) is 5.66. The lowest BCUT2D eigenvalue weighted by molar-refractivity contribution is -0.124.